The Balaban J connectivity index is 1.82. The van der Waals surface area contributed by atoms with Gasteiger partial charge in [-0.05, 0) is 42.5 Å². The molecule has 11 heteroatoms. The molecule has 3 N–H and O–H groups in total. The number of halogens is 2. The third-order valence-electron chi connectivity index (χ3n) is 3.49. The van der Waals surface area contributed by atoms with Crippen LogP contribution < -0.4 is 16.2 Å². The number of carbonyl (C=O) groups excluding carboxylic acids is 1. The molecule has 0 aliphatic heterocycles. The van der Waals surface area contributed by atoms with Gasteiger partial charge in [-0.15, -0.1) is 0 Å². The van der Waals surface area contributed by atoms with Crippen LogP contribution in [0.1, 0.15) is 10.4 Å². The fourth-order valence-electron chi connectivity index (χ4n) is 2.23. The van der Waals surface area contributed by atoms with Gasteiger partial charge in [-0.3, -0.25) is 25.8 Å². The molecule has 9 nitrogen and oxygen atoms in total. The predicted molar refractivity (Wildman–Crippen MR) is 109 cm³/mol. The number of anilines is 3. The lowest BCUT2D eigenvalue weighted by molar-refractivity contribution is -0.383. The fourth-order valence-corrected chi connectivity index (χ4v) is 2.68. The maximum Gasteiger partial charge on any atom is 0.355 e. The van der Waals surface area contributed by atoms with Crippen LogP contribution in [-0.2, 0) is 0 Å². The van der Waals surface area contributed by atoms with Gasteiger partial charge in [0.15, 0.2) is 0 Å². The molecule has 3 rings (SSSR count). The zero-order valence-electron chi connectivity index (χ0n) is 14.0. The molecule has 0 saturated heterocycles. The van der Waals surface area contributed by atoms with Gasteiger partial charge >= 0.3 is 5.69 Å². The van der Waals surface area contributed by atoms with Gasteiger partial charge in [0.25, 0.3) is 5.91 Å². The number of benzene rings is 2. The van der Waals surface area contributed by atoms with E-state index in [-0.39, 0.29) is 11.6 Å². The number of nitrogens with one attached hydrogen (secondary N) is 3. The lowest BCUT2D eigenvalue weighted by atomic mass is 10.2. The lowest BCUT2D eigenvalue weighted by Gasteiger charge is -2.11. The third-order valence-corrected chi connectivity index (χ3v) is 4.26. The first kappa shape index (κ1) is 19.5. The van der Waals surface area contributed by atoms with Crippen molar-refractivity contribution in [1.82, 2.24) is 15.4 Å². The molecule has 0 atom stereocenters. The van der Waals surface area contributed by atoms with E-state index in [1.165, 1.54) is 0 Å². The zero-order chi connectivity index (χ0) is 20.1. The van der Waals surface area contributed by atoms with Crippen molar-refractivity contribution in [2.45, 2.75) is 0 Å². The van der Waals surface area contributed by atoms with Crippen LogP contribution in [-0.4, -0.2) is 20.8 Å². The molecule has 0 spiro atoms. The first-order chi connectivity index (χ1) is 13.4. The van der Waals surface area contributed by atoms with Crippen molar-refractivity contribution in [2.75, 3.05) is 10.7 Å². The van der Waals surface area contributed by atoms with Crippen molar-refractivity contribution in [3.05, 3.63) is 80.0 Å². The third kappa shape index (κ3) is 4.72. The van der Waals surface area contributed by atoms with Crippen LogP contribution in [0.2, 0.25) is 5.02 Å². The first-order valence-electron chi connectivity index (χ1n) is 7.78. The quantitative estimate of drug-likeness (QED) is 0.368. The van der Waals surface area contributed by atoms with E-state index < -0.39 is 16.5 Å². The van der Waals surface area contributed by atoms with E-state index in [4.69, 9.17) is 11.6 Å². The molecule has 0 bridgehead atoms. The second-order valence-corrected chi connectivity index (χ2v) is 6.75. The minimum absolute atomic E-state index is 0.0531. The van der Waals surface area contributed by atoms with E-state index in [0.29, 0.717) is 16.3 Å². The second-order valence-electron chi connectivity index (χ2n) is 5.40. The molecule has 0 saturated carbocycles. The molecule has 0 unspecified atom stereocenters. The standard InChI is InChI=1S/C17H12BrClN6O3/c18-11-6-4-10(5-7-11)17(26)24-23-16-14(25(27)28)15(20-9-21-16)22-13-3-1-2-12(19)8-13/h1-9H,(H,24,26)(H2,20,21,22,23). The molecule has 1 amide bonds. The Bertz CT molecular complexity index is 1030. The predicted octanol–water partition coefficient (Wildman–Crippen LogP) is 4.30. The van der Waals surface area contributed by atoms with Crippen LogP contribution in [0.5, 0.6) is 0 Å². The largest absolute Gasteiger partial charge is 0.355 e. The molecule has 0 aliphatic carbocycles. The van der Waals surface area contributed by atoms with E-state index in [2.05, 4.69) is 42.1 Å². The maximum atomic E-state index is 12.2. The van der Waals surface area contributed by atoms with Crippen LogP contribution in [0.4, 0.5) is 23.0 Å². The summed E-state index contributed by atoms with van der Waals surface area (Å²) in [6.45, 7) is 0. The number of nitro groups is 1. The monoisotopic (exact) mass is 462 g/mol. The van der Waals surface area contributed by atoms with Crippen molar-refractivity contribution < 1.29 is 9.72 Å². The Morgan fingerprint density at radius 3 is 2.50 bits per heavy atom. The molecular weight excluding hydrogens is 452 g/mol. The summed E-state index contributed by atoms with van der Waals surface area (Å²) >= 11 is 9.21. The molecule has 2 aromatic carbocycles. The summed E-state index contributed by atoms with van der Waals surface area (Å²) in [5.41, 5.74) is 5.30. The van der Waals surface area contributed by atoms with Gasteiger partial charge in [-0.25, -0.2) is 9.97 Å². The van der Waals surface area contributed by atoms with Crippen LogP contribution in [0.15, 0.2) is 59.3 Å². The van der Waals surface area contributed by atoms with Crippen LogP contribution >= 0.6 is 27.5 Å². The molecule has 142 valence electrons. The number of hydrogen-bond acceptors (Lipinski definition) is 7. The highest BCUT2D eigenvalue weighted by Crippen LogP contribution is 2.31. The molecule has 0 aliphatic rings. The molecule has 1 heterocycles. The Morgan fingerprint density at radius 1 is 1.11 bits per heavy atom. The Kier molecular flexibility index (Phi) is 6.02. The highest BCUT2D eigenvalue weighted by molar-refractivity contribution is 9.10. The highest BCUT2D eigenvalue weighted by Gasteiger charge is 2.23. The van der Waals surface area contributed by atoms with Crippen LogP contribution in [0, 0.1) is 10.1 Å². The average Bonchev–Trinajstić information content (AvgIpc) is 2.66. The van der Waals surface area contributed by atoms with Gasteiger partial charge < -0.3 is 5.32 Å². The number of hydrogen-bond donors (Lipinski definition) is 3. The zero-order valence-corrected chi connectivity index (χ0v) is 16.4. The molecular formula is C17H12BrClN6O3. The fraction of sp³-hybridized carbons (Fsp3) is 0. The molecule has 3 aromatic rings. The molecule has 28 heavy (non-hydrogen) atoms. The normalized spacial score (nSPS) is 10.2. The number of nitrogens with zero attached hydrogens (tertiary/aromatic N) is 3. The van der Waals surface area contributed by atoms with Gasteiger partial charge in [0.2, 0.25) is 11.6 Å². The maximum absolute atomic E-state index is 12.2. The van der Waals surface area contributed by atoms with Crippen molar-refractivity contribution >= 4 is 56.4 Å². The summed E-state index contributed by atoms with van der Waals surface area (Å²) in [5.74, 6) is -0.706. The number of aromatic nitrogens is 2. The Morgan fingerprint density at radius 2 is 1.82 bits per heavy atom. The summed E-state index contributed by atoms with van der Waals surface area (Å²) in [7, 11) is 0. The van der Waals surface area contributed by atoms with Crippen LogP contribution in [0.3, 0.4) is 0 Å². The van der Waals surface area contributed by atoms with Crippen LogP contribution in [0.25, 0.3) is 0 Å². The summed E-state index contributed by atoms with van der Waals surface area (Å²) in [5, 5.41) is 14.8. The summed E-state index contributed by atoms with van der Waals surface area (Å²) in [6.07, 6.45) is 1.13. The smallest absolute Gasteiger partial charge is 0.334 e. The molecule has 0 radical (unpaired) electrons. The van der Waals surface area contributed by atoms with Crippen molar-refractivity contribution in [1.29, 1.82) is 0 Å². The van der Waals surface area contributed by atoms with Gasteiger partial charge in [-0.1, -0.05) is 33.6 Å². The van der Waals surface area contributed by atoms with Crippen molar-refractivity contribution in [3.63, 3.8) is 0 Å². The minimum Gasteiger partial charge on any atom is -0.334 e. The van der Waals surface area contributed by atoms with E-state index >= 15 is 0 Å². The van der Waals surface area contributed by atoms with Gasteiger partial charge in [0.05, 0.1) is 4.92 Å². The highest BCUT2D eigenvalue weighted by atomic mass is 79.9. The van der Waals surface area contributed by atoms with E-state index in [1.54, 1.807) is 48.5 Å². The van der Waals surface area contributed by atoms with Crippen molar-refractivity contribution in [2.24, 2.45) is 0 Å². The molecule has 1 aromatic heterocycles. The number of rotatable bonds is 6. The summed E-state index contributed by atoms with van der Waals surface area (Å²) in [4.78, 5) is 30.9. The lowest BCUT2D eigenvalue weighted by Crippen LogP contribution is -2.30. The average molecular weight is 464 g/mol. The van der Waals surface area contributed by atoms with E-state index in [1.807, 2.05) is 0 Å². The topological polar surface area (TPSA) is 122 Å². The van der Waals surface area contributed by atoms with Gasteiger partial charge in [0, 0.05) is 20.7 Å². The SMILES string of the molecule is O=C(NNc1ncnc(Nc2cccc(Cl)c2)c1[N+](=O)[O-])c1ccc(Br)cc1. The van der Waals surface area contributed by atoms with Gasteiger partial charge in [-0.2, -0.15) is 0 Å². The van der Waals surface area contributed by atoms with Crippen molar-refractivity contribution in [3.8, 4) is 0 Å². The first-order valence-corrected chi connectivity index (χ1v) is 8.95. The Labute approximate surface area is 172 Å². The number of hydrazine groups is 1. The van der Waals surface area contributed by atoms with Gasteiger partial charge in [0.1, 0.15) is 6.33 Å². The van der Waals surface area contributed by atoms with E-state index in [9.17, 15) is 14.9 Å². The number of carbonyl (C=O) groups is 1. The van der Waals surface area contributed by atoms with E-state index in [0.717, 1.165) is 10.8 Å². The summed E-state index contributed by atoms with van der Waals surface area (Å²) in [6, 6.07) is 13.2. The summed E-state index contributed by atoms with van der Waals surface area (Å²) < 4.78 is 0.820. The molecule has 0 fully saturated rings. The number of amides is 1. The Hall–Kier alpha value is -3.24. The minimum atomic E-state index is -0.652. The second kappa shape index (κ2) is 8.63.